The van der Waals surface area contributed by atoms with Crippen LogP contribution in [0.4, 0.5) is 5.69 Å². The number of aryl methyl sites for hydroxylation is 1. The summed E-state index contributed by atoms with van der Waals surface area (Å²) in [5.74, 6) is -0.840. The van der Waals surface area contributed by atoms with Crippen molar-refractivity contribution in [3.8, 4) is 0 Å². The highest BCUT2D eigenvalue weighted by atomic mass is 35.5. The molecule has 2 aromatic carbocycles. The van der Waals surface area contributed by atoms with Crippen LogP contribution >= 0.6 is 23.2 Å². The van der Waals surface area contributed by atoms with Gasteiger partial charge in [0.2, 0.25) is 21.8 Å². The molecule has 180 valence electrons. The average Bonchev–Trinajstić information content (AvgIpc) is 2.73. The maximum Gasteiger partial charge on any atom is 0.244 e. The van der Waals surface area contributed by atoms with Gasteiger partial charge in [-0.1, -0.05) is 54.4 Å². The predicted molar refractivity (Wildman–Crippen MR) is 133 cm³/mol. The lowest BCUT2D eigenvalue weighted by atomic mass is 10.1. The fourth-order valence-corrected chi connectivity index (χ4v) is 4.86. The average molecular weight is 514 g/mol. The molecule has 10 heteroatoms. The van der Waals surface area contributed by atoms with E-state index in [4.69, 9.17) is 23.2 Å². The lowest BCUT2D eigenvalue weighted by molar-refractivity contribution is -0.140. The number of likely N-dealkylation sites (N-methyl/N-ethyl adjacent to an activating group) is 1. The van der Waals surface area contributed by atoms with E-state index in [2.05, 4.69) is 5.32 Å². The molecule has 7 nitrogen and oxygen atoms in total. The van der Waals surface area contributed by atoms with Crippen molar-refractivity contribution >= 4 is 50.7 Å². The summed E-state index contributed by atoms with van der Waals surface area (Å²) in [4.78, 5) is 27.7. The number of rotatable bonds is 10. The van der Waals surface area contributed by atoms with Gasteiger partial charge in [-0.25, -0.2) is 8.42 Å². The zero-order chi connectivity index (χ0) is 24.8. The predicted octanol–water partition coefficient (Wildman–Crippen LogP) is 4.01. The van der Waals surface area contributed by atoms with Gasteiger partial charge in [0, 0.05) is 23.1 Å². The van der Waals surface area contributed by atoms with Crippen molar-refractivity contribution in [2.24, 2.45) is 0 Å². The van der Waals surface area contributed by atoms with Crippen LogP contribution in [0.25, 0.3) is 0 Å². The lowest BCUT2D eigenvalue weighted by Gasteiger charge is -2.33. The molecule has 0 saturated carbocycles. The minimum atomic E-state index is -3.78. The van der Waals surface area contributed by atoms with E-state index < -0.39 is 28.5 Å². The SMILES string of the molecule is CCNC(=O)[C@H](CC)N(Cc1ccc(Cl)cc1Cl)C(=O)CN(c1ccccc1C)S(C)(=O)=O. The van der Waals surface area contributed by atoms with E-state index >= 15 is 0 Å². The molecule has 0 fully saturated rings. The first-order chi connectivity index (χ1) is 15.5. The second-order valence-corrected chi connectivity index (χ2v) is 10.4. The number of anilines is 1. The van der Waals surface area contributed by atoms with E-state index in [1.165, 1.54) is 4.90 Å². The largest absolute Gasteiger partial charge is 0.355 e. The van der Waals surface area contributed by atoms with Crippen LogP contribution < -0.4 is 9.62 Å². The number of benzene rings is 2. The van der Waals surface area contributed by atoms with Crippen LogP contribution in [0.15, 0.2) is 42.5 Å². The number of carbonyl (C=O) groups excluding carboxylic acids is 2. The van der Waals surface area contributed by atoms with Crippen molar-refractivity contribution < 1.29 is 18.0 Å². The first kappa shape index (κ1) is 27.0. The van der Waals surface area contributed by atoms with Crippen molar-refractivity contribution in [2.75, 3.05) is 23.7 Å². The lowest BCUT2D eigenvalue weighted by Crippen LogP contribution is -2.52. The number of hydrogen-bond donors (Lipinski definition) is 1. The molecular weight excluding hydrogens is 485 g/mol. The minimum Gasteiger partial charge on any atom is -0.355 e. The Hall–Kier alpha value is -2.29. The van der Waals surface area contributed by atoms with Gasteiger partial charge < -0.3 is 10.2 Å². The topological polar surface area (TPSA) is 86.8 Å². The molecule has 0 unspecified atom stereocenters. The summed E-state index contributed by atoms with van der Waals surface area (Å²) >= 11 is 12.3. The maximum atomic E-state index is 13.5. The van der Waals surface area contributed by atoms with Gasteiger partial charge in [-0.15, -0.1) is 0 Å². The summed E-state index contributed by atoms with van der Waals surface area (Å²) in [5, 5.41) is 3.54. The summed E-state index contributed by atoms with van der Waals surface area (Å²) in [6.45, 7) is 5.32. The third kappa shape index (κ3) is 7.09. The van der Waals surface area contributed by atoms with Gasteiger partial charge >= 0.3 is 0 Å². The van der Waals surface area contributed by atoms with Gasteiger partial charge in [-0.05, 0) is 49.6 Å². The van der Waals surface area contributed by atoms with Gasteiger partial charge in [0.05, 0.1) is 11.9 Å². The van der Waals surface area contributed by atoms with E-state index in [1.54, 1.807) is 63.2 Å². The van der Waals surface area contributed by atoms with Crippen LogP contribution in [0.5, 0.6) is 0 Å². The molecule has 1 atom stereocenters. The highest BCUT2D eigenvalue weighted by Gasteiger charge is 2.32. The smallest absolute Gasteiger partial charge is 0.244 e. The number of amides is 2. The Kier molecular flexibility index (Phi) is 9.57. The fourth-order valence-electron chi connectivity index (χ4n) is 3.48. The molecule has 0 aliphatic heterocycles. The van der Waals surface area contributed by atoms with Gasteiger partial charge in [0.15, 0.2) is 0 Å². The van der Waals surface area contributed by atoms with E-state index in [0.29, 0.717) is 39.8 Å². The molecule has 0 bridgehead atoms. The summed E-state index contributed by atoms with van der Waals surface area (Å²) in [6.07, 6.45) is 1.39. The van der Waals surface area contributed by atoms with Crippen LogP contribution in [0.3, 0.4) is 0 Å². The van der Waals surface area contributed by atoms with Crippen LogP contribution in [0.1, 0.15) is 31.4 Å². The number of nitrogens with zero attached hydrogens (tertiary/aromatic N) is 2. The Bertz CT molecular complexity index is 1110. The summed E-state index contributed by atoms with van der Waals surface area (Å²) < 4.78 is 26.3. The quantitative estimate of drug-likeness (QED) is 0.519. The van der Waals surface area contributed by atoms with Crippen LogP contribution in [0, 0.1) is 6.92 Å². The first-order valence-electron chi connectivity index (χ1n) is 10.5. The van der Waals surface area contributed by atoms with Crippen molar-refractivity contribution in [2.45, 2.75) is 39.8 Å². The van der Waals surface area contributed by atoms with Gasteiger partial charge in [-0.3, -0.25) is 13.9 Å². The number of sulfonamides is 1. The summed E-state index contributed by atoms with van der Waals surface area (Å²) in [6, 6.07) is 11.0. The van der Waals surface area contributed by atoms with Crippen molar-refractivity contribution in [3.05, 3.63) is 63.6 Å². The number of carbonyl (C=O) groups is 2. The number of halogens is 2. The van der Waals surface area contributed by atoms with Crippen LogP contribution in [-0.2, 0) is 26.2 Å². The highest BCUT2D eigenvalue weighted by molar-refractivity contribution is 7.92. The Morgan fingerprint density at radius 3 is 2.30 bits per heavy atom. The zero-order valence-electron chi connectivity index (χ0n) is 19.1. The molecule has 0 radical (unpaired) electrons. The van der Waals surface area contributed by atoms with Crippen molar-refractivity contribution in [1.29, 1.82) is 0 Å². The van der Waals surface area contributed by atoms with Crippen molar-refractivity contribution in [3.63, 3.8) is 0 Å². The summed E-state index contributed by atoms with van der Waals surface area (Å²) in [5.41, 5.74) is 1.71. The van der Waals surface area contributed by atoms with Crippen molar-refractivity contribution in [1.82, 2.24) is 10.2 Å². The molecule has 0 saturated heterocycles. The normalized spacial score (nSPS) is 12.2. The molecule has 0 heterocycles. The van der Waals surface area contributed by atoms with E-state index in [-0.39, 0.29) is 12.5 Å². The van der Waals surface area contributed by atoms with Gasteiger partial charge in [0.25, 0.3) is 0 Å². The van der Waals surface area contributed by atoms with Gasteiger partial charge in [-0.2, -0.15) is 0 Å². The Labute approximate surface area is 205 Å². The highest BCUT2D eigenvalue weighted by Crippen LogP contribution is 2.26. The molecule has 0 aliphatic rings. The molecule has 2 rings (SSSR count). The third-order valence-corrected chi connectivity index (χ3v) is 6.87. The fraction of sp³-hybridized carbons (Fsp3) is 0.391. The van der Waals surface area contributed by atoms with Crippen LogP contribution in [-0.4, -0.2) is 50.5 Å². The Morgan fingerprint density at radius 1 is 1.09 bits per heavy atom. The third-order valence-electron chi connectivity index (χ3n) is 5.16. The Morgan fingerprint density at radius 2 is 1.76 bits per heavy atom. The number of para-hydroxylation sites is 1. The van der Waals surface area contributed by atoms with E-state index in [1.807, 2.05) is 0 Å². The number of nitrogens with one attached hydrogen (secondary N) is 1. The standard InChI is InChI=1S/C23H29Cl2N3O4S/c1-5-20(23(30)26-6-2)27(14-17-11-12-18(24)13-19(17)25)22(29)15-28(33(4,31)32)21-10-8-7-9-16(21)3/h7-13,20H,5-6,14-15H2,1-4H3,(H,26,30)/t20-/m0/s1. The first-order valence-corrected chi connectivity index (χ1v) is 13.1. The molecule has 33 heavy (non-hydrogen) atoms. The molecule has 0 spiro atoms. The van der Waals surface area contributed by atoms with E-state index in [9.17, 15) is 18.0 Å². The monoisotopic (exact) mass is 513 g/mol. The number of hydrogen-bond acceptors (Lipinski definition) is 4. The van der Waals surface area contributed by atoms with Crippen LogP contribution in [0.2, 0.25) is 10.0 Å². The molecule has 2 aromatic rings. The van der Waals surface area contributed by atoms with E-state index in [0.717, 1.165) is 10.6 Å². The second-order valence-electron chi connectivity index (χ2n) is 7.63. The molecule has 0 aliphatic carbocycles. The maximum absolute atomic E-state index is 13.5. The van der Waals surface area contributed by atoms with Gasteiger partial charge in [0.1, 0.15) is 12.6 Å². The molecule has 1 N–H and O–H groups in total. The molecular formula is C23H29Cl2N3O4S. The molecule has 2 amide bonds. The second kappa shape index (κ2) is 11.7. The zero-order valence-corrected chi connectivity index (χ0v) is 21.5. The molecule has 0 aromatic heterocycles. The Balaban J connectivity index is 2.48. The minimum absolute atomic E-state index is 0.0237. The summed E-state index contributed by atoms with van der Waals surface area (Å²) in [7, 11) is -3.78.